The van der Waals surface area contributed by atoms with Gasteiger partial charge in [0, 0.05) is 11.3 Å². The minimum atomic E-state index is -0.575. The van der Waals surface area contributed by atoms with E-state index in [4.69, 9.17) is 5.26 Å². The van der Waals surface area contributed by atoms with Gasteiger partial charge in [-0.05, 0) is 36.2 Å². The Morgan fingerprint density at radius 2 is 2.32 bits per heavy atom. The van der Waals surface area contributed by atoms with E-state index in [-0.39, 0.29) is 0 Å². The molecule has 2 rings (SSSR count). The van der Waals surface area contributed by atoms with E-state index in [0.717, 1.165) is 27.0 Å². The minimum Gasteiger partial charge on any atom is -0.389 e. The molecule has 2 aromatic rings. The van der Waals surface area contributed by atoms with Crippen LogP contribution in [0.3, 0.4) is 0 Å². The molecule has 0 aliphatic carbocycles. The maximum Gasteiger partial charge on any atom is 0.174 e. The molecule has 19 heavy (non-hydrogen) atoms. The molecule has 0 bridgehead atoms. The average molecular weight is 291 g/mol. The van der Waals surface area contributed by atoms with Gasteiger partial charge in [-0.2, -0.15) is 9.64 Å². The molecule has 0 fully saturated rings. The smallest absolute Gasteiger partial charge is 0.174 e. The van der Waals surface area contributed by atoms with Crippen molar-refractivity contribution in [2.75, 3.05) is 0 Å². The molecule has 0 aliphatic heterocycles. The van der Waals surface area contributed by atoms with Crippen LogP contribution in [0.25, 0.3) is 0 Å². The van der Waals surface area contributed by atoms with E-state index in [9.17, 15) is 5.11 Å². The third-order valence-corrected chi connectivity index (χ3v) is 4.42. The normalized spacial score (nSPS) is 12.1. The van der Waals surface area contributed by atoms with Gasteiger partial charge in [-0.15, -0.1) is 0 Å². The molecular formula is C13H13N3OS2. The van der Waals surface area contributed by atoms with Gasteiger partial charge in [-0.1, -0.05) is 24.8 Å². The van der Waals surface area contributed by atoms with Crippen molar-refractivity contribution in [3.05, 3.63) is 35.2 Å². The van der Waals surface area contributed by atoms with E-state index in [0.29, 0.717) is 5.56 Å². The van der Waals surface area contributed by atoms with Gasteiger partial charge in [0.15, 0.2) is 4.34 Å². The molecule has 0 amide bonds. The van der Waals surface area contributed by atoms with Crippen LogP contribution in [-0.2, 0) is 6.42 Å². The predicted molar refractivity (Wildman–Crippen MR) is 75.2 cm³/mol. The molecule has 0 saturated carbocycles. The van der Waals surface area contributed by atoms with Gasteiger partial charge in [0.25, 0.3) is 0 Å². The highest BCUT2D eigenvalue weighted by molar-refractivity contribution is 8.01. The Morgan fingerprint density at radius 1 is 1.53 bits per heavy atom. The number of nitrogens with zero attached hydrogens (tertiary/aromatic N) is 3. The molecule has 1 aromatic heterocycles. The second-order valence-electron chi connectivity index (χ2n) is 3.97. The maximum absolute atomic E-state index is 9.77. The Hall–Kier alpha value is -1.42. The van der Waals surface area contributed by atoms with Crippen molar-refractivity contribution < 1.29 is 5.11 Å². The second kappa shape index (κ2) is 6.15. The lowest BCUT2D eigenvalue weighted by atomic mass is 10.1. The molecule has 1 unspecified atom stereocenters. The lowest BCUT2D eigenvalue weighted by molar-refractivity contribution is 0.196. The van der Waals surface area contributed by atoms with Crippen molar-refractivity contribution in [2.45, 2.75) is 35.6 Å². The number of rotatable bonds is 4. The van der Waals surface area contributed by atoms with Gasteiger partial charge in [0.2, 0.25) is 0 Å². The lowest BCUT2D eigenvalue weighted by Crippen LogP contribution is -1.94. The molecule has 1 N–H and O–H groups in total. The summed E-state index contributed by atoms with van der Waals surface area (Å²) in [6.07, 6.45) is 0.229. The molecule has 98 valence electrons. The topological polar surface area (TPSA) is 69.8 Å². The summed E-state index contributed by atoms with van der Waals surface area (Å²) in [5.74, 6) is 0.822. The van der Waals surface area contributed by atoms with Crippen LogP contribution >= 0.6 is 23.3 Å². The van der Waals surface area contributed by atoms with Gasteiger partial charge in [-0.25, -0.2) is 4.98 Å². The van der Waals surface area contributed by atoms with E-state index in [1.54, 1.807) is 25.1 Å². The summed E-state index contributed by atoms with van der Waals surface area (Å²) in [6, 6.07) is 7.38. The van der Waals surface area contributed by atoms with E-state index in [1.807, 2.05) is 6.92 Å². The molecule has 1 heterocycles. The zero-order chi connectivity index (χ0) is 13.8. The summed E-state index contributed by atoms with van der Waals surface area (Å²) in [4.78, 5) is 5.24. The SMILES string of the molecule is CCc1nsc(Sc2cc(C#N)ccc2C(C)O)n1. The molecule has 0 saturated heterocycles. The quantitative estimate of drug-likeness (QED) is 0.937. The number of aliphatic hydroxyl groups excluding tert-OH is 1. The molecule has 4 nitrogen and oxygen atoms in total. The first-order valence-corrected chi connectivity index (χ1v) is 7.45. The highest BCUT2D eigenvalue weighted by Crippen LogP contribution is 2.34. The van der Waals surface area contributed by atoms with E-state index in [2.05, 4.69) is 15.4 Å². The van der Waals surface area contributed by atoms with Crippen LogP contribution in [0, 0.1) is 11.3 Å². The van der Waals surface area contributed by atoms with Crippen molar-refractivity contribution in [3.8, 4) is 6.07 Å². The first-order chi connectivity index (χ1) is 9.13. The third kappa shape index (κ3) is 3.32. The first kappa shape index (κ1) is 14.0. The van der Waals surface area contributed by atoms with Gasteiger partial charge in [0.1, 0.15) is 5.82 Å². The number of aryl methyl sites for hydroxylation is 1. The number of hydrogen-bond donors (Lipinski definition) is 1. The lowest BCUT2D eigenvalue weighted by Gasteiger charge is -2.10. The number of hydrogen-bond acceptors (Lipinski definition) is 6. The largest absolute Gasteiger partial charge is 0.389 e. The summed E-state index contributed by atoms with van der Waals surface area (Å²) in [5.41, 5.74) is 1.38. The van der Waals surface area contributed by atoms with Crippen LogP contribution in [0.5, 0.6) is 0 Å². The molecule has 0 spiro atoms. The van der Waals surface area contributed by atoms with Crippen LogP contribution in [0.4, 0.5) is 0 Å². The van der Waals surface area contributed by atoms with Gasteiger partial charge >= 0.3 is 0 Å². The van der Waals surface area contributed by atoms with Crippen molar-refractivity contribution in [1.82, 2.24) is 9.36 Å². The minimum absolute atomic E-state index is 0.575. The van der Waals surface area contributed by atoms with Crippen LogP contribution in [0.15, 0.2) is 27.4 Å². The fourth-order valence-corrected chi connectivity index (χ4v) is 3.47. The van der Waals surface area contributed by atoms with Crippen molar-refractivity contribution >= 4 is 23.3 Å². The van der Waals surface area contributed by atoms with Crippen LogP contribution in [0.1, 0.15) is 36.9 Å². The Morgan fingerprint density at radius 3 is 2.89 bits per heavy atom. The number of aromatic nitrogens is 2. The standard InChI is InChI=1S/C13H13N3OS2/c1-3-12-15-13(19-16-12)18-11-6-9(7-14)4-5-10(11)8(2)17/h4-6,8,17H,3H2,1-2H3. The van der Waals surface area contributed by atoms with Crippen molar-refractivity contribution in [3.63, 3.8) is 0 Å². The molecule has 0 radical (unpaired) electrons. The van der Waals surface area contributed by atoms with E-state index < -0.39 is 6.10 Å². The van der Waals surface area contributed by atoms with Crippen LogP contribution < -0.4 is 0 Å². The zero-order valence-electron chi connectivity index (χ0n) is 10.6. The Labute approximate surface area is 120 Å². The summed E-state index contributed by atoms with van der Waals surface area (Å²) in [6.45, 7) is 3.72. The summed E-state index contributed by atoms with van der Waals surface area (Å²) < 4.78 is 5.06. The highest BCUT2D eigenvalue weighted by Gasteiger charge is 2.12. The Bertz CT molecular complexity index is 617. The second-order valence-corrected chi connectivity index (χ2v) is 6.01. The average Bonchev–Trinajstić information content (AvgIpc) is 2.86. The van der Waals surface area contributed by atoms with Crippen molar-refractivity contribution in [2.24, 2.45) is 0 Å². The molecule has 6 heteroatoms. The monoisotopic (exact) mass is 291 g/mol. The number of aliphatic hydroxyl groups is 1. The number of benzene rings is 1. The number of nitriles is 1. The van der Waals surface area contributed by atoms with E-state index >= 15 is 0 Å². The first-order valence-electron chi connectivity index (χ1n) is 5.86. The maximum atomic E-state index is 9.77. The van der Waals surface area contributed by atoms with Gasteiger partial charge in [-0.3, -0.25) is 0 Å². The molecule has 0 aliphatic rings. The fraction of sp³-hybridized carbons (Fsp3) is 0.308. The Kier molecular flexibility index (Phi) is 4.53. The highest BCUT2D eigenvalue weighted by atomic mass is 32.2. The Balaban J connectivity index is 2.34. The fourth-order valence-electron chi connectivity index (χ4n) is 1.55. The summed E-state index contributed by atoms with van der Waals surface area (Å²) in [5, 5.41) is 18.7. The van der Waals surface area contributed by atoms with Crippen LogP contribution in [-0.4, -0.2) is 14.5 Å². The predicted octanol–water partition coefficient (Wildman–Crippen LogP) is 3.18. The van der Waals surface area contributed by atoms with Gasteiger partial charge < -0.3 is 5.11 Å². The molecular weight excluding hydrogens is 278 g/mol. The third-order valence-electron chi connectivity index (χ3n) is 2.56. The molecule has 1 atom stereocenters. The van der Waals surface area contributed by atoms with Crippen molar-refractivity contribution in [1.29, 1.82) is 5.26 Å². The molecule has 1 aromatic carbocycles. The van der Waals surface area contributed by atoms with E-state index in [1.165, 1.54) is 23.3 Å². The zero-order valence-corrected chi connectivity index (χ0v) is 12.3. The van der Waals surface area contributed by atoms with Crippen LogP contribution in [0.2, 0.25) is 0 Å². The summed E-state index contributed by atoms with van der Waals surface area (Å²) >= 11 is 2.78. The van der Waals surface area contributed by atoms with Gasteiger partial charge in [0.05, 0.1) is 17.7 Å². The summed E-state index contributed by atoms with van der Waals surface area (Å²) in [7, 11) is 0.